The minimum atomic E-state index is -3.75. The van der Waals surface area contributed by atoms with E-state index in [0.717, 1.165) is 5.56 Å². The van der Waals surface area contributed by atoms with Crippen molar-refractivity contribution in [3.63, 3.8) is 0 Å². The fourth-order valence-electron chi connectivity index (χ4n) is 4.63. The lowest BCUT2D eigenvalue weighted by atomic mass is 9.89. The lowest BCUT2D eigenvalue weighted by molar-refractivity contribution is -0.138. The minimum Gasteiger partial charge on any atom is -0.342 e. The number of carbonyl (C=O) groups excluding carboxylic acids is 1. The van der Waals surface area contributed by atoms with Crippen LogP contribution in [0.4, 0.5) is 0 Å². The van der Waals surface area contributed by atoms with Crippen molar-refractivity contribution < 1.29 is 13.2 Å². The maximum atomic E-state index is 13.6. The molecular formula is C24H27N3O3S. The van der Waals surface area contributed by atoms with Crippen LogP contribution in [0.25, 0.3) is 0 Å². The number of hydrogen-bond donors (Lipinski definition) is 0. The number of nitrogens with zero attached hydrogens (tertiary/aromatic N) is 3. The van der Waals surface area contributed by atoms with Crippen molar-refractivity contribution in [1.29, 1.82) is 5.26 Å². The summed E-state index contributed by atoms with van der Waals surface area (Å²) in [6.45, 7) is 1.32. The van der Waals surface area contributed by atoms with Crippen LogP contribution < -0.4 is 0 Å². The monoisotopic (exact) mass is 437 g/mol. The predicted octanol–water partition coefficient (Wildman–Crippen LogP) is 3.59. The smallest absolute Gasteiger partial charge is 0.243 e. The molecule has 2 aliphatic rings. The van der Waals surface area contributed by atoms with E-state index in [-0.39, 0.29) is 35.2 Å². The van der Waals surface area contributed by atoms with Crippen molar-refractivity contribution in [3.05, 3.63) is 66.2 Å². The second-order valence-electron chi connectivity index (χ2n) is 8.32. The van der Waals surface area contributed by atoms with Crippen LogP contribution in [0.1, 0.15) is 37.3 Å². The molecule has 4 rings (SSSR count). The zero-order valence-electron chi connectivity index (χ0n) is 17.4. The molecule has 2 saturated heterocycles. The predicted molar refractivity (Wildman–Crippen MR) is 117 cm³/mol. The number of rotatable bonds is 4. The molecule has 31 heavy (non-hydrogen) atoms. The van der Waals surface area contributed by atoms with E-state index < -0.39 is 10.0 Å². The molecule has 7 heteroatoms. The zero-order valence-corrected chi connectivity index (χ0v) is 18.2. The summed E-state index contributed by atoms with van der Waals surface area (Å²) in [5.41, 5.74) is 0.947. The van der Waals surface area contributed by atoms with Crippen LogP contribution in [0.2, 0.25) is 0 Å². The average Bonchev–Trinajstić information content (AvgIpc) is 2.84. The molecule has 0 aliphatic carbocycles. The molecule has 2 unspecified atom stereocenters. The Kier molecular flexibility index (Phi) is 6.40. The molecule has 2 aromatic carbocycles. The first-order valence-electron chi connectivity index (χ1n) is 10.8. The Bertz CT molecular complexity index is 1040. The standard InChI is InChI=1S/C24H27N3O3S/c25-17-19-13-15-26(16-14-19)24(28)21-11-12-23(20-7-3-1-4-8-20)27(18-21)31(29,30)22-9-5-2-6-10-22/h1-10,19,21,23H,11-16,18H2. The molecule has 0 spiro atoms. The SMILES string of the molecule is N#CC1CCN(C(=O)C2CCC(c3ccccc3)N(S(=O)(=O)c3ccccc3)C2)CC1. The van der Waals surface area contributed by atoms with Gasteiger partial charge in [-0.15, -0.1) is 0 Å². The Morgan fingerprint density at radius 2 is 1.52 bits per heavy atom. The van der Waals surface area contributed by atoms with Crippen molar-refractivity contribution in [2.24, 2.45) is 11.8 Å². The molecule has 0 bridgehead atoms. The normalized spacial score (nSPS) is 23.3. The van der Waals surface area contributed by atoms with Gasteiger partial charge in [-0.25, -0.2) is 8.42 Å². The molecule has 2 heterocycles. The quantitative estimate of drug-likeness (QED) is 0.732. The highest BCUT2D eigenvalue weighted by atomic mass is 32.2. The van der Waals surface area contributed by atoms with Gasteiger partial charge in [0.1, 0.15) is 0 Å². The van der Waals surface area contributed by atoms with E-state index in [1.54, 1.807) is 30.3 Å². The Morgan fingerprint density at radius 3 is 2.13 bits per heavy atom. The van der Waals surface area contributed by atoms with Gasteiger partial charge in [-0.05, 0) is 43.4 Å². The first kappa shape index (κ1) is 21.5. The number of carbonyl (C=O) groups is 1. The Morgan fingerprint density at radius 1 is 0.903 bits per heavy atom. The van der Waals surface area contributed by atoms with Gasteiger partial charge in [0, 0.05) is 25.6 Å². The largest absolute Gasteiger partial charge is 0.342 e. The van der Waals surface area contributed by atoms with Crippen LogP contribution in [-0.2, 0) is 14.8 Å². The van der Waals surface area contributed by atoms with Gasteiger partial charge in [-0.2, -0.15) is 9.57 Å². The number of likely N-dealkylation sites (tertiary alicyclic amines) is 1. The van der Waals surface area contributed by atoms with Crippen LogP contribution in [-0.4, -0.2) is 43.2 Å². The van der Waals surface area contributed by atoms with Crippen molar-refractivity contribution in [3.8, 4) is 6.07 Å². The first-order chi connectivity index (χ1) is 15.0. The second kappa shape index (κ2) is 9.21. The third-order valence-corrected chi connectivity index (χ3v) is 8.30. The van der Waals surface area contributed by atoms with Gasteiger partial charge in [-0.1, -0.05) is 48.5 Å². The molecule has 2 fully saturated rings. The molecular weight excluding hydrogens is 410 g/mol. The zero-order chi connectivity index (χ0) is 21.8. The molecule has 2 atom stereocenters. The molecule has 0 radical (unpaired) electrons. The summed E-state index contributed by atoms with van der Waals surface area (Å²) in [7, 11) is -3.75. The molecule has 6 nitrogen and oxygen atoms in total. The maximum Gasteiger partial charge on any atom is 0.243 e. The maximum absolute atomic E-state index is 13.6. The molecule has 0 saturated carbocycles. The summed E-state index contributed by atoms with van der Waals surface area (Å²) in [4.78, 5) is 15.3. The summed E-state index contributed by atoms with van der Waals surface area (Å²) in [6, 6.07) is 20.1. The van der Waals surface area contributed by atoms with Crippen LogP contribution in [0.15, 0.2) is 65.6 Å². The highest BCUT2D eigenvalue weighted by Gasteiger charge is 2.41. The van der Waals surface area contributed by atoms with E-state index in [1.165, 1.54) is 4.31 Å². The summed E-state index contributed by atoms with van der Waals surface area (Å²) in [6.07, 6.45) is 2.62. The fourth-order valence-corrected chi connectivity index (χ4v) is 6.34. The van der Waals surface area contributed by atoms with E-state index in [4.69, 9.17) is 5.26 Å². The first-order valence-corrected chi connectivity index (χ1v) is 12.2. The van der Waals surface area contributed by atoms with Gasteiger partial charge in [0.15, 0.2) is 0 Å². The van der Waals surface area contributed by atoms with Crippen molar-refractivity contribution in [1.82, 2.24) is 9.21 Å². The number of piperidine rings is 2. The Balaban J connectivity index is 1.60. The van der Waals surface area contributed by atoms with Crippen LogP contribution >= 0.6 is 0 Å². The second-order valence-corrected chi connectivity index (χ2v) is 10.2. The topological polar surface area (TPSA) is 81.5 Å². The average molecular weight is 438 g/mol. The van der Waals surface area contributed by atoms with Crippen LogP contribution in [0.5, 0.6) is 0 Å². The Hall–Kier alpha value is -2.69. The molecule has 1 amide bonds. The third-order valence-electron chi connectivity index (χ3n) is 6.41. The summed E-state index contributed by atoms with van der Waals surface area (Å²) in [5.74, 6) is -0.346. The number of amides is 1. The molecule has 2 aromatic rings. The summed E-state index contributed by atoms with van der Waals surface area (Å²) >= 11 is 0. The van der Waals surface area contributed by atoms with E-state index in [2.05, 4.69) is 6.07 Å². The number of benzene rings is 2. The van der Waals surface area contributed by atoms with Gasteiger partial charge < -0.3 is 4.90 Å². The van der Waals surface area contributed by atoms with Gasteiger partial charge >= 0.3 is 0 Å². The van der Waals surface area contributed by atoms with Crippen LogP contribution in [0, 0.1) is 23.2 Å². The van der Waals surface area contributed by atoms with Gasteiger partial charge in [0.25, 0.3) is 0 Å². The summed E-state index contributed by atoms with van der Waals surface area (Å²) < 4.78 is 28.6. The Labute approximate surface area is 184 Å². The van der Waals surface area contributed by atoms with Gasteiger partial charge in [-0.3, -0.25) is 4.79 Å². The van der Waals surface area contributed by atoms with E-state index in [1.807, 2.05) is 35.2 Å². The number of hydrogen-bond acceptors (Lipinski definition) is 4. The van der Waals surface area contributed by atoms with E-state index >= 15 is 0 Å². The summed E-state index contributed by atoms with van der Waals surface area (Å²) in [5, 5.41) is 9.11. The highest BCUT2D eigenvalue weighted by molar-refractivity contribution is 7.89. The molecule has 2 aliphatic heterocycles. The van der Waals surface area contributed by atoms with Gasteiger partial charge in [0.2, 0.25) is 15.9 Å². The van der Waals surface area contributed by atoms with Crippen molar-refractivity contribution in [2.75, 3.05) is 19.6 Å². The molecule has 0 N–H and O–H groups in total. The lowest BCUT2D eigenvalue weighted by Gasteiger charge is -2.40. The lowest BCUT2D eigenvalue weighted by Crippen LogP contribution is -2.49. The van der Waals surface area contributed by atoms with Crippen molar-refractivity contribution >= 4 is 15.9 Å². The minimum absolute atomic E-state index is 0.00724. The number of sulfonamides is 1. The molecule has 162 valence electrons. The highest BCUT2D eigenvalue weighted by Crippen LogP contribution is 2.38. The fraction of sp³-hybridized carbons (Fsp3) is 0.417. The number of nitriles is 1. The van der Waals surface area contributed by atoms with E-state index in [0.29, 0.717) is 38.8 Å². The van der Waals surface area contributed by atoms with Crippen LogP contribution in [0.3, 0.4) is 0 Å². The van der Waals surface area contributed by atoms with E-state index in [9.17, 15) is 13.2 Å². The third kappa shape index (κ3) is 4.51. The van der Waals surface area contributed by atoms with Gasteiger partial charge in [0.05, 0.1) is 22.9 Å². The van der Waals surface area contributed by atoms with Crippen molar-refractivity contribution in [2.45, 2.75) is 36.6 Å². The molecule has 0 aromatic heterocycles.